The molecule has 3 heterocycles. The van der Waals surface area contributed by atoms with E-state index in [0.29, 0.717) is 30.1 Å². The van der Waals surface area contributed by atoms with Gasteiger partial charge in [0.05, 0.1) is 35.6 Å². The van der Waals surface area contributed by atoms with Crippen molar-refractivity contribution in [3.63, 3.8) is 0 Å². The molecule has 1 amide bonds. The first-order valence-corrected chi connectivity index (χ1v) is 10.8. The second kappa shape index (κ2) is 7.97. The molecule has 0 bridgehead atoms. The number of nitriles is 1. The van der Waals surface area contributed by atoms with E-state index >= 15 is 0 Å². The topological polar surface area (TPSA) is 88.0 Å². The third-order valence-corrected chi connectivity index (χ3v) is 6.04. The van der Waals surface area contributed by atoms with Crippen molar-refractivity contribution in [3.05, 3.63) is 88.1 Å². The number of benzene rings is 1. The minimum Gasteiger partial charge on any atom is -0.348 e. The molecular weight excluding hydrogens is 400 g/mol. The highest BCUT2D eigenvalue weighted by Crippen LogP contribution is 2.39. The molecule has 1 N–H and O–H groups in total. The number of imidazole rings is 1. The van der Waals surface area contributed by atoms with E-state index < -0.39 is 0 Å². The second-order valence-electron chi connectivity index (χ2n) is 8.54. The Labute approximate surface area is 186 Å². The minimum absolute atomic E-state index is 0.177. The van der Waals surface area contributed by atoms with Crippen LogP contribution in [0.15, 0.2) is 49.1 Å². The molecule has 0 spiro atoms. The average molecular weight is 425 g/mol. The van der Waals surface area contributed by atoms with Crippen molar-refractivity contribution >= 4 is 11.6 Å². The van der Waals surface area contributed by atoms with Crippen molar-refractivity contribution in [1.29, 1.82) is 5.26 Å². The van der Waals surface area contributed by atoms with E-state index in [1.165, 1.54) is 18.4 Å². The molecule has 7 heteroatoms. The third kappa shape index (κ3) is 4.00. The SMILES string of the molecule is Cc1cc(C#N)cc(C)c1CNC(=O)c1cnn(Cc2cn3cc(C4CC4)ccc3n2)c1. The molecule has 160 valence electrons. The Morgan fingerprint density at radius 2 is 1.97 bits per heavy atom. The number of amides is 1. The van der Waals surface area contributed by atoms with Gasteiger partial charge in [0.25, 0.3) is 5.91 Å². The molecule has 1 aliphatic rings. The molecule has 1 aliphatic carbocycles. The first kappa shape index (κ1) is 20.0. The summed E-state index contributed by atoms with van der Waals surface area (Å²) in [4.78, 5) is 17.3. The van der Waals surface area contributed by atoms with E-state index in [1.807, 2.05) is 32.2 Å². The molecule has 0 unspecified atom stereocenters. The lowest BCUT2D eigenvalue weighted by atomic mass is 9.99. The quantitative estimate of drug-likeness (QED) is 0.509. The zero-order valence-electron chi connectivity index (χ0n) is 18.2. The van der Waals surface area contributed by atoms with Crippen LogP contribution in [0.3, 0.4) is 0 Å². The maximum Gasteiger partial charge on any atom is 0.254 e. The van der Waals surface area contributed by atoms with Gasteiger partial charge in [-0.25, -0.2) is 4.98 Å². The smallest absolute Gasteiger partial charge is 0.254 e. The lowest BCUT2D eigenvalue weighted by Gasteiger charge is -2.11. The van der Waals surface area contributed by atoms with Crippen LogP contribution in [-0.4, -0.2) is 25.1 Å². The van der Waals surface area contributed by atoms with Gasteiger partial charge >= 0.3 is 0 Å². The van der Waals surface area contributed by atoms with E-state index in [9.17, 15) is 4.79 Å². The van der Waals surface area contributed by atoms with E-state index in [1.54, 1.807) is 17.1 Å². The number of rotatable bonds is 6. The Morgan fingerprint density at radius 1 is 1.19 bits per heavy atom. The van der Waals surface area contributed by atoms with E-state index in [0.717, 1.165) is 28.0 Å². The van der Waals surface area contributed by atoms with Gasteiger partial charge in [0.2, 0.25) is 0 Å². The monoisotopic (exact) mass is 424 g/mol. The van der Waals surface area contributed by atoms with Crippen LogP contribution in [0.1, 0.15) is 62.6 Å². The summed E-state index contributed by atoms with van der Waals surface area (Å²) in [6, 6.07) is 10.1. The Kier molecular flexibility index (Phi) is 4.98. The number of aromatic nitrogens is 4. The highest BCUT2D eigenvalue weighted by atomic mass is 16.1. The molecule has 7 nitrogen and oxygen atoms in total. The molecule has 0 atom stereocenters. The zero-order chi connectivity index (χ0) is 22.2. The van der Waals surface area contributed by atoms with Crippen molar-refractivity contribution in [2.45, 2.75) is 45.7 Å². The third-order valence-electron chi connectivity index (χ3n) is 6.04. The largest absolute Gasteiger partial charge is 0.348 e. The number of carbonyl (C=O) groups is 1. The van der Waals surface area contributed by atoms with Crippen molar-refractivity contribution < 1.29 is 4.79 Å². The predicted octanol–water partition coefficient (Wildman–Crippen LogP) is 3.88. The van der Waals surface area contributed by atoms with Gasteiger partial charge in [-0.05, 0) is 73.1 Å². The molecule has 3 aromatic heterocycles. The molecule has 1 aromatic carbocycles. The van der Waals surface area contributed by atoms with E-state index in [-0.39, 0.29) is 5.91 Å². The van der Waals surface area contributed by atoms with Crippen molar-refractivity contribution in [2.24, 2.45) is 0 Å². The van der Waals surface area contributed by atoms with E-state index in [4.69, 9.17) is 5.26 Å². The minimum atomic E-state index is -0.177. The fourth-order valence-electron chi connectivity index (χ4n) is 4.14. The Balaban J connectivity index is 1.25. The molecule has 1 fully saturated rings. The molecular formula is C25H24N6O. The summed E-state index contributed by atoms with van der Waals surface area (Å²) in [7, 11) is 0. The normalized spacial score (nSPS) is 13.3. The van der Waals surface area contributed by atoms with Crippen molar-refractivity contribution in [3.8, 4) is 6.07 Å². The van der Waals surface area contributed by atoms with Crippen molar-refractivity contribution in [1.82, 2.24) is 24.5 Å². The summed E-state index contributed by atoms with van der Waals surface area (Å²) in [5.41, 5.74) is 7.34. The van der Waals surface area contributed by atoms with Crippen LogP contribution < -0.4 is 5.32 Å². The van der Waals surface area contributed by atoms with Gasteiger partial charge in [-0.3, -0.25) is 9.48 Å². The van der Waals surface area contributed by atoms with E-state index in [2.05, 4.69) is 44.2 Å². The Bertz CT molecular complexity index is 1350. The lowest BCUT2D eigenvalue weighted by molar-refractivity contribution is 0.0950. The summed E-state index contributed by atoms with van der Waals surface area (Å²) in [6.45, 7) is 4.82. The average Bonchev–Trinajstić information content (AvgIpc) is 3.39. The van der Waals surface area contributed by atoms with Crippen LogP contribution in [-0.2, 0) is 13.1 Å². The predicted molar refractivity (Wildman–Crippen MR) is 120 cm³/mol. The molecule has 5 rings (SSSR count). The zero-order valence-corrected chi connectivity index (χ0v) is 18.2. The number of nitrogens with one attached hydrogen (secondary N) is 1. The van der Waals surface area contributed by atoms with Crippen LogP contribution >= 0.6 is 0 Å². The Hall–Kier alpha value is -3.92. The highest BCUT2D eigenvalue weighted by Gasteiger charge is 2.23. The second-order valence-corrected chi connectivity index (χ2v) is 8.54. The van der Waals surface area contributed by atoms with Gasteiger partial charge in [0.15, 0.2) is 0 Å². The number of hydrogen-bond acceptors (Lipinski definition) is 4. The number of aryl methyl sites for hydroxylation is 2. The van der Waals surface area contributed by atoms with Gasteiger partial charge in [0.1, 0.15) is 5.65 Å². The standard InChI is InChI=1S/C25H24N6O/c1-16-7-18(9-26)8-17(2)23(16)11-27-25(32)21-10-28-31(13-21)15-22-14-30-12-20(19-3-4-19)5-6-24(30)29-22/h5-8,10,12-14,19H,3-4,11,15H2,1-2H3,(H,27,32). The molecule has 0 saturated heterocycles. The summed E-state index contributed by atoms with van der Waals surface area (Å²) in [6.07, 6.45) is 10.1. The molecule has 32 heavy (non-hydrogen) atoms. The maximum absolute atomic E-state index is 12.6. The summed E-state index contributed by atoms with van der Waals surface area (Å²) < 4.78 is 3.80. The first-order valence-electron chi connectivity index (χ1n) is 10.8. The van der Waals surface area contributed by atoms with Crippen LogP contribution in [0.25, 0.3) is 5.65 Å². The van der Waals surface area contributed by atoms with Gasteiger partial charge in [-0.2, -0.15) is 10.4 Å². The molecule has 0 radical (unpaired) electrons. The number of fused-ring (bicyclic) bond motifs is 1. The number of pyridine rings is 1. The van der Waals surface area contributed by atoms with Crippen molar-refractivity contribution in [2.75, 3.05) is 0 Å². The Morgan fingerprint density at radius 3 is 2.69 bits per heavy atom. The summed E-state index contributed by atoms with van der Waals surface area (Å²) >= 11 is 0. The number of hydrogen-bond donors (Lipinski definition) is 1. The number of carbonyl (C=O) groups excluding carboxylic acids is 1. The van der Waals surface area contributed by atoms with Crippen LogP contribution in [0.2, 0.25) is 0 Å². The summed E-state index contributed by atoms with van der Waals surface area (Å²) in [5.74, 6) is 0.526. The van der Waals surface area contributed by atoms with Crippen LogP contribution in [0.5, 0.6) is 0 Å². The lowest BCUT2D eigenvalue weighted by Crippen LogP contribution is -2.23. The number of nitrogens with zero attached hydrogens (tertiary/aromatic N) is 5. The molecule has 4 aromatic rings. The molecule has 0 aliphatic heterocycles. The van der Waals surface area contributed by atoms with Gasteiger partial charge in [-0.1, -0.05) is 6.07 Å². The van der Waals surface area contributed by atoms with Gasteiger partial charge < -0.3 is 9.72 Å². The fraction of sp³-hybridized carbons (Fsp3) is 0.280. The fourth-order valence-corrected chi connectivity index (χ4v) is 4.14. The van der Waals surface area contributed by atoms with Crippen LogP contribution in [0.4, 0.5) is 0 Å². The van der Waals surface area contributed by atoms with Gasteiger partial charge in [-0.15, -0.1) is 0 Å². The maximum atomic E-state index is 12.6. The molecule has 1 saturated carbocycles. The van der Waals surface area contributed by atoms with Gasteiger partial charge in [0, 0.05) is 25.1 Å². The van der Waals surface area contributed by atoms with Crippen LogP contribution in [0, 0.1) is 25.2 Å². The highest BCUT2D eigenvalue weighted by molar-refractivity contribution is 5.93. The first-order chi connectivity index (χ1) is 15.5. The summed E-state index contributed by atoms with van der Waals surface area (Å²) in [5, 5.41) is 16.4.